The molecule has 0 aliphatic rings. The molecule has 1 aromatic heterocycles. The van der Waals surface area contributed by atoms with Crippen molar-refractivity contribution in [1.82, 2.24) is 9.78 Å². The molecular formula is C9H15BrN2O2S. The van der Waals surface area contributed by atoms with Gasteiger partial charge in [-0.1, -0.05) is 0 Å². The summed E-state index contributed by atoms with van der Waals surface area (Å²) in [6.07, 6.45) is 4.13. The molecular weight excluding hydrogens is 280 g/mol. The van der Waals surface area contributed by atoms with Crippen LogP contribution in [0.4, 0.5) is 0 Å². The molecule has 0 amide bonds. The van der Waals surface area contributed by atoms with Crippen LogP contribution in [0.15, 0.2) is 16.9 Å². The minimum absolute atomic E-state index is 0.224. The summed E-state index contributed by atoms with van der Waals surface area (Å²) >= 11 is 3.29. The molecule has 0 saturated heterocycles. The Hall–Kier alpha value is -0.360. The van der Waals surface area contributed by atoms with E-state index in [-0.39, 0.29) is 11.0 Å². The molecule has 15 heavy (non-hydrogen) atoms. The molecule has 0 aliphatic carbocycles. The summed E-state index contributed by atoms with van der Waals surface area (Å²) in [5, 5.41) is 3.77. The molecule has 0 aromatic carbocycles. The van der Waals surface area contributed by atoms with E-state index in [0.29, 0.717) is 13.0 Å². The summed E-state index contributed by atoms with van der Waals surface area (Å²) in [6.45, 7) is 4.05. The first-order chi connectivity index (χ1) is 6.92. The molecule has 0 fully saturated rings. The minimum Gasteiger partial charge on any atom is -0.272 e. The summed E-state index contributed by atoms with van der Waals surface area (Å²) < 4.78 is 25.6. The molecule has 0 atom stereocenters. The number of halogens is 1. The molecule has 0 radical (unpaired) electrons. The van der Waals surface area contributed by atoms with Gasteiger partial charge >= 0.3 is 0 Å². The SMILES string of the molecule is CC(C)S(=O)(=O)CCCn1cc(Br)cn1. The zero-order valence-electron chi connectivity index (χ0n) is 8.85. The van der Waals surface area contributed by atoms with Crippen molar-refractivity contribution >= 4 is 25.8 Å². The topological polar surface area (TPSA) is 52.0 Å². The van der Waals surface area contributed by atoms with E-state index in [1.165, 1.54) is 0 Å². The minimum atomic E-state index is -2.91. The number of sulfone groups is 1. The lowest BCUT2D eigenvalue weighted by Crippen LogP contribution is -2.18. The summed E-state index contributed by atoms with van der Waals surface area (Å²) in [4.78, 5) is 0. The average molecular weight is 295 g/mol. The number of hydrogen-bond acceptors (Lipinski definition) is 3. The molecule has 0 unspecified atom stereocenters. The van der Waals surface area contributed by atoms with Crippen molar-refractivity contribution < 1.29 is 8.42 Å². The predicted molar refractivity (Wildman–Crippen MR) is 63.5 cm³/mol. The van der Waals surface area contributed by atoms with Crippen molar-refractivity contribution in [3.05, 3.63) is 16.9 Å². The number of rotatable bonds is 5. The quantitative estimate of drug-likeness (QED) is 0.833. The maximum atomic E-state index is 11.5. The van der Waals surface area contributed by atoms with Crippen LogP contribution < -0.4 is 0 Å². The van der Waals surface area contributed by atoms with Crippen molar-refractivity contribution in [2.24, 2.45) is 0 Å². The maximum absolute atomic E-state index is 11.5. The summed E-state index contributed by atoms with van der Waals surface area (Å²) in [7, 11) is -2.91. The van der Waals surface area contributed by atoms with E-state index >= 15 is 0 Å². The van der Waals surface area contributed by atoms with Gasteiger partial charge in [0, 0.05) is 12.7 Å². The highest BCUT2D eigenvalue weighted by atomic mass is 79.9. The fourth-order valence-electron chi connectivity index (χ4n) is 1.12. The standard InChI is InChI=1S/C9H15BrN2O2S/c1-8(2)15(13,14)5-3-4-12-7-9(10)6-11-12/h6-8H,3-5H2,1-2H3. The zero-order chi connectivity index (χ0) is 11.5. The lowest BCUT2D eigenvalue weighted by molar-refractivity contribution is 0.566. The molecule has 86 valence electrons. The molecule has 1 rings (SSSR count). The molecule has 0 bridgehead atoms. The smallest absolute Gasteiger partial charge is 0.152 e. The highest BCUT2D eigenvalue weighted by Gasteiger charge is 2.15. The van der Waals surface area contributed by atoms with Gasteiger partial charge in [0.25, 0.3) is 0 Å². The number of aryl methyl sites for hydroxylation is 1. The Morgan fingerprint density at radius 1 is 1.53 bits per heavy atom. The third-order valence-corrected chi connectivity index (χ3v) is 4.84. The van der Waals surface area contributed by atoms with Crippen LogP contribution in [0.1, 0.15) is 20.3 Å². The average Bonchev–Trinajstić information content (AvgIpc) is 2.51. The van der Waals surface area contributed by atoms with Crippen molar-refractivity contribution in [2.75, 3.05) is 5.75 Å². The van der Waals surface area contributed by atoms with Gasteiger partial charge in [0.05, 0.1) is 21.7 Å². The van der Waals surface area contributed by atoms with Gasteiger partial charge in [0.2, 0.25) is 0 Å². The van der Waals surface area contributed by atoms with Crippen LogP contribution in [0.5, 0.6) is 0 Å². The van der Waals surface area contributed by atoms with E-state index in [2.05, 4.69) is 21.0 Å². The second kappa shape index (κ2) is 5.12. The van der Waals surface area contributed by atoms with Crippen molar-refractivity contribution in [3.63, 3.8) is 0 Å². The first kappa shape index (κ1) is 12.7. The largest absolute Gasteiger partial charge is 0.272 e. The van der Waals surface area contributed by atoms with Crippen LogP contribution in [0.25, 0.3) is 0 Å². The summed E-state index contributed by atoms with van der Waals surface area (Å²) in [5.41, 5.74) is 0. The normalized spacial score (nSPS) is 12.3. The van der Waals surface area contributed by atoms with Gasteiger partial charge in [-0.25, -0.2) is 8.42 Å². The van der Waals surface area contributed by atoms with Crippen LogP contribution in [0.3, 0.4) is 0 Å². The van der Waals surface area contributed by atoms with E-state index in [0.717, 1.165) is 4.47 Å². The van der Waals surface area contributed by atoms with Gasteiger partial charge in [-0.15, -0.1) is 0 Å². The molecule has 1 aromatic rings. The van der Waals surface area contributed by atoms with Gasteiger partial charge in [0.1, 0.15) is 0 Å². The molecule has 0 N–H and O–H groups in total. The fraction of sp³-hybridized carbons (Fsp3) is 0.667. The Morgan fingerprint density at radius 3 is 2.67 bits per heavy atom. The van der Waals surface area contributed by atoms with Gasteiger partial charge < -0.3 is 0 Å². The molecule has 6 heteroatoms. The Labute approximate surface area is 98.7 Å². The number of hydrogen-bond donors (Lipinski definition) is 0. The highest BCUT2D eigenvalue weighted by Crippen LogP contribution is 2.08. The van der Waals surface area contributed by atoms with Gasteiger partial charge in [-0.2, -0.15) is 5.10 Å². The van der Waals surface area contributed by atoms with E-state index in [4.69, 9.17) is 0 Å². The Balaban J connectivity index is 2.40. The van der Waals surface area contributed by atoms with Crippen LogP contribution in [-0.2, 0) is 16.4 Å². The number of nitrogens with zero attached hydrogens (tertiary/aromatic N) is 2. The van der Waals surface area contributed by atoms with Crippen molar-refractivity contribution in [2.45, 2.75) is 32.1 Å². The molecule has 1 heterocycles. The lowest BCUT2D eigenvalue weighted by Gasteiger charge is -2.07. The maximum Gasteiger partial charge on any atom is 0.152 e. The Morgan fingerprint density at radius 2 is 2.20 bits per heavy atom. The Bertz CT molecular complexity index is 412. The molecule has 4 nitrogen and oxygen atoms in total. The summed E-state index contributed by atoms with van der Waals surface area (Å²) in [5.74, 6) is 0.224. The van der Waals surface area contributed by atoms with Crippen LogP contribution in [0.2, 0.25) is 0 Å². The van der Waals surface area contributed by atoms with Crippen molar-refractivity contribution in [1.29, 1.82) is 0 Å². The second-order valence-electron chi connectivity index (χ2n) is 3.69. The highest BCUT2D eigenvalue weighted by molar-refractivity contribution is 9.10. The van der Waals surface area contributed by atoms with E-state index in [1.807, 2.05) is 6.20 Å². The first-order valence-electron chi connectivity index (χ1n) is 4.81. The van der Waals surface area contributed by atoms with Gasteiger partial charge in [0.15, 0.2) is 9.84 Å². The lowest BCUT2D eigenvalue weighted by atomic mass is 10.5. The molecule has 0 saturated carbocycles. The van der Waals surface area contributed by atoms with Gasteiger partial charge in [-0.05, 0) is 36.2 Å². The Kier molecular flexibility index (Phi) is 4.33. The predicted octanol–water partition coefficient (Wildman–Crippen LogP) is 1.86. The van der Waals surface area contributed by atoms with Crippen LogP contribution in [0, 0.1) is 0 Å². The van der Waals surface area contributed by atoms with Gasteiger partial charge in [-0.3, -0.25) is 4.68 Å². The number of aromatic nitrogens is 2. The van der Waals surface area contributed by atoms with E-state index < -0.39 is 9.84 Å². The van der Waals surface area contributed by atoms with Crippen LogP contribution >= 0.6 is 15.9 Å². The molecule has 0 aliphatic heterocycles. The molecule has 0 spiro atoms. The zero-order valence-corrected chi connectivity index (χ0v) is 11.3. The third-order valence-electron chi connectivity index (χ3n) is 2.14. The first-order valence-corrected chi connectivity index (χ1v) is 7.32. The fourth-order valence-corrected chi connectivity index (χ4v) is 2.45. The van der Waals surface area contributed by atoms with Crippen molar-refractivity contribution in [3.8, 4) is 0 Å². The van der Waals surface area contributed by atoms with E-state index in [9.17, 15) is 8.42 Å². The second-order valence-corrected chi connectivity index (χ2v) is 7.28. The summed E-state index contributed by atoms with van der Waals surface area (Å²) in [6, 6.07) is 0. The third kappa shape index (κ3) is 3.95. The van der Waals surface area contributed by atoms with Crippen LogP contribution in [-0.4, -0.2) is 29.2 Å². The monoisotopic (exact) mass is 294 g/mol. The van der Waals surface area contributed by atoms with E-state index in [1.54, 1.807) is 24.7 Å².